The van der Waals surface area contributed by atoms with Crippen molar-refractivity contribution in [2.24, 2.45) is 0 Å². The van der Waals surface area contributed by atoms with Crippen LogP contribution in [0.25, 0.3) is 5.84 Å². The van der Waals surface area contributed by atoms with Crippen molar-refractivity contribution in [3.63, 3.8) is 0 Å². The van der Waals surface area contributed by atoms with Gasteiger partial charge in [-0.15, -0.1) is 0 Å². The number of unbranched alkanes of at least 4 members (excludes halogenated alkanes) is 2. The molecular formula is C9H18N2. The average molecular weight is 154 g/mol. The first kappa shape index (κ1) is 8.57. The number of hydrogen-bond donors (Lipinski definition) is 0. The molecule has 1 aliphatic heterocycles. The summed E-state index contributed by atoms with van der Waals surface area (Å²) in [5, 5.41) is 0. The van der Waals surface area contributed by atoms with Crippen molar-refractivity contribution in [2.75, 3.05) is 0 Å². The third kappa shape index (κ3) is 2.52. The molecular weight excluding hydrogens is 136 g/mol. The van der Waals surface area contributed by atoms with Gasteiger partial charge in [-0.1, -0.05) is 19.8 Å². The Bertz CT molecular complexity index is 140. The van der Waals surface area contributed by atoms with E-state index >= 15 is 0 Å². The SMILES string of the molecule is CCCCCC1CCC=[N+]1[NH-]. The molecule has 1 atom stereocenters. The molecule has 0 saturated carbocycles. The number of hydrogen-bond acceptors (Lipinski definition) is 0. The van der Waals surface area contributed by atoms with Crippen molar-refractivity contribution >= 4 is 6.21 Å². The van der Waals surface area contributed by atoms with Crippen LogP contribution in [0.1, 0.15) is 45.4 Å². The lowest BCUT2D eigenvalue weighted by molar-refractivity contribution is -0.489. The van der Waals surface area contributed by atoms with Crippen LogP contribution in [0.5, 0.6) is 0 Å². The summed E-state index contributed by atoms with van der Waals surface area (Å²) in [6.07, 6.45) is 9.43. The summed E-state index contributed by atoms with van der Waals surface area (Å²) in [7, 11) is 0. The molecule has 1 N–H and O–H groups in total. The fourth-order valence-corrected chi connectivity index (χ4v) is 1.61. The summed E-state index contributed by atoms with van der Waals surface area (Å²) in [5.74, 6) is 7.50. The van der Waals surface area contributed by atoms with Crippen LogP contribution in [0, 0.1) is 0 Å². The predicted molar refractivity (Wildman–Crippen MR) is 47.8 cm³/mol. The van der Waals surface area contributed by atoms with E-state index in [0.29, 0.717) is 6.04 Å². The van der Waals surface area contributed by atoms with Gasteiger partial charge in [0.05, 0.1) is 0 Å². The standard InChI is InChI=1S/C9H18N2/c1-2-3-4-6-9-7-5-8-11(9)10/h8-10H,2-7H2,1H3. The highest BCUT2D eigenvalue weighted by atomic mass is 15.3. The van der Waals surface area contributed by atoms with Crippen LogP contribution >= 0.6 is 0 Å². The van der Waals surface area contributed by atoms with E-state index in [0.717, 1.165) is 6.42 Å². The molecule has 0 aromatic heterocycles. The second-order valence-electron chi connectivity index (χ2n) is 3.32. The van der Waals surface area contributed by atoms with Crippen LogP contribution in [-0.4, -0.2) is 16.9 Å². The first-order valence-electron chi connectivity index (χ1n) is 4.67. The van der Waals surface area contributed by atoms with Crippen LogP contribution in [0.2, 0.25) is 0 Å². The van der Waals surface area contributed by atoms with Gasteiger partial charge in [0.25, 0.3) is 0 Å². The van der Waals surface area contributed by atoms with E-state index < -0.39 is 0 Å². The Hall–Kier alpha value is -0.530. The van der Waals surface area contributed by atoms with Crippen molar-refractivity contribution in [1.29, 1.82) is 0 Å². The van der Waals surface area contributed by atoms with E-state index in [4.69, 9.17) is 5.84 Å². The number of rotatable bonds is 4. The van der Waals surface area contributed by atoms with Crippen molar-refractivity contribution < 1.29 is 4.68 Å². The highest BCUT2D eigenvalue weighted by molar-refractivity contribution is 5.52. The van der Waals surface area contributed by atoms with E-state index in [9.17, 15) is 0 Å². The Balaban J connectivity index is 2.12. The maximum absolute atomic E-state index is 7.50. The third-order valence-electron chi connectivity index (χ3n) is 2.36. The fraction of sp³-hybridized carbons (Fsp3) is 0.889. The van der Waals surface area contributed by atoms with E-state index in [1.54, 1.807) is 4.68 Å². The van der Waals surface area contributed by atoms with Gasteiger partial charge in [-0.2, -0.15) is 0 Å². The smallest absolute Gasteiger partial charge is 0.147 e. The lowest BCUT2D eigenvalue weighted by Gasteiger charge is -2.10. The topological polar surface area (TPSA) is 26.8 Å². The second kappa shape index (κ2) is 4.37. The van der Waals surface area contributed by atoms with E-state index in [2.05, 4.69) is 6.92 Å². The molecule has 0 aliphatic carbocycles. The zero-order chi connectivity index (χ0) is 8.10. The molecule has 0 amide bonds. The summed E-state index contributed by atoms with van der Waals surface area (Å²) in [5.41, 5.74) is 0. The molecule has 0 radical (unpaired) electrons. The molecule has 2 heteroatoms. The van der Waals surface area contributed by atoms with Gasteiger partial charge in [0.1, 0.15) is 12.3 Å². The molecule has 0 aromatic carbocycles. The van der Waals surface area contributed by atoms with Gasteiger partial charge < -0.3 is 5.84 Å². The molecule has 0 bridgehead atoms. The van der Waals surface area contributed by atoms with Crippen LogP contribution < -0.4 is 0 Å². The summed E-state index contributed by atoms with van der Waals surface area (Å²) in [4.78, 5) is 0. The molecule has 1 heterocycles. The van der Waals surface area contributed by atoms with Gasteiger partial charge in [0.15, 0.2) is 0 Å². The van der Waals surface area contributed by atoms with Crippen molar-refractivity contribution in [1.82, 2.24) is 0 Å². The lowest BCUT2D eigenvalue weighted by atomic mass is 10.1. The minimum absolute atomic E-state index is 0.529. The van der Waals surface area contributed by atoms with Gasteiger partial charge in [-0.05, 0) is 6.42 Å². The van der Waals surface area contributed by atoms with Gasteiger partial charge >= 0.3 is 0 Å². The normalized spacial score (nSPS) is 23.7. The van der Waals surface area contributed by atoms with Gasteiger partial charge in [-0.3, -0.25) is 4.68 Å². The summed E-state index contributed by atoms with van der Waals surface area (Å²) >= 11 is 0. The third-order valence-corrected chi connectivity index (χ3v) is 2.36. The molecule has 64 valence electrons. The molecule has 2 nitrogen and oxygen atoms in total. The Morgan fingerprint density at radius 3 is 2.91 bits per heavy atom. The van der Waals surface area contributed by atoms with Crippen molar-refractivity contribution in [2.45, 2.75) is 51.5 Å². The lowest BCUT2D eigenvalue weighted by Crippen LogP contribution is -2.14. The van der Waals surface area contributed by atoms with Crippen LogP contribution in [0.3, 0.4) is 0 Å². The highest BCUT2D eigenvalue weighted by Gasteiger charge is 2.18. The summed E-state index contributed by atoms with van der Waals surface area (Å²) < 4.78 is 1.65. The molecule has 0 spiro atoms. The monoisotopic (exact) mass is 154 g/mol. The van der Waals surface area contributed by atoms with Gasteiger partial charge in [0.2, 0.25) is 0 Å². The Morgan fingerprint density at radius 1 is 1.55 bits per heavy atom. The second-order valence-corrected chi connectivity index (χ2v) is 3.32. The molecule has 11 heavy (non-hydrogen) atoms. The van der Waals surface area contributed by atoms with Crippen LogP contribution in [0.15, 0.2) is 0 Å². The zero-order valence-corrected chi connectivity index (χ0v) is 7.34. The van der Waals surface area contributed by atoms with E-state index in [1.165, 1.54) is 32.1 Å². The molecule has 1 rings (SSSR count). The van der Waals surface area contributed by atoms with Gasteiger partial charge in [-0.25, -0.2) is 0 Å². The molecule has 0 fully saturated rings. The Labute approximate surface area is 69.1 Å². The largest absolute Gasteiger partial charge is 0.455 e. The van der Waals surface area contributed by atoms with Crippen molar-refractivity contribution in [3.8, 4) is 0 Å². The summed E-state index contributed by atoms with van der Waals surface area (Å²) in [6, 6.07) is 0.529. The predicted octanol–water partition coefficient (Wildman–Crippen LogP) is 2.78. The molecule has 1 aliphatic rings. The zero-order valence-electron chi connectivity index (χ0n) is 7.34. The summed E-state index contributed by atoms with van der Waals surface area (Å²) in [6.45, 7) is 2.22. The fourth-order valence-electron chi connectivity index (χ4n) is 1.61. The van der Waals surface area contributed by atoms with Crippen LogP contribution in [-0.2, 0) is 0 Å². The first-order valence-corrected chi connectivity index (χ1v) is 4.67. The average Bonchev–Trinajstić information content (AvgIpc) is 2.37. The molecule has 0 saturated heterocycles. The Kier molecular flexibility index (Phi) is 3.40. The minimum Gasteiger partial charge on any atom is -0.455 e. The molecule has 0 aromatic rings. The maximum atomic E-state index is 7.50. The van der Waals surface area contributed by atoms with Crippen molar-refractivity contribution in [3.05, 3.63) is 5.84 Å². The van der Waals surface area contributed by atoms with Crippen LogP contribution in [0.4, 0.5) is 0 Å². The molecule has 1 unspecified atom stereocenters. The minimum atomic E-state index is 0.529. The number of nitrogens with one attached hydrogen (secondary N) is 1. The van der Waals surface area contributed by atoms with Gasteiger partial charge in [0, 0.05) is 19.3 Å². The van der Waals surface area contributed by atoms with E-state index in [-0.39, 0.29) is 0 Å². The Morgan fingerprint density at radius 2 is 2.36 bits per heavy atom. The maximum Gasteiger partial charge on any atom is 0.147 e. The van der Waals surface area contributed by atoms with E-state index in [1.807, 2.05) is 6.21 Å². The first-order chi connectivity index (χ1) is 5.34. The highest BCUT2D eigenvalue weighted by Crippen LogP contribution is 2.15. The quantitative estimate of drug-likeness (QED) is 0.440. The number of nitrogens with zero attached hydrogens (tertiary/aromatic N) is 1.